The number of hydrogen-bond acceptors (Lipinski definition) is 7. The molecule has 0 atom stereocenters. The number of amides is 1. The van der Waals surface area contributed by atoms with Gasteiger partial charge in [-0.2, -0.15) is 0 Å². The fraction of sp³-hybridized carbons (Fsp3) is 0.231. The lowest BCUT2D eigenvalue weighted by atomic mass is 10.1. The van der Waals surface area contributed by atoms with Crippen LogP contribution in [0.4, 0.5) is 5.13 Å². The van der Waals surface area contributed by atoms with Crippen molar-refractivity contribution in [2.24, 2.45) is 0 Å². The number of rotatable bonds is 8. The van der Waals surface area contributed by atoms with Gasteiger partial charge >= 0.3 is 0 Å². The van der Waals surface area contributed by atoms with E-state index in [-0.39, 0.29) is 5.91 Å². The largest absolute Gasteiger partial charge is 0.494 e. The summed E-state index contributed by atoms with van der Waals surface area (Å²) in [7, 11) is 6.19. The number of methoxy groups -OCH3 is 4. The number of carbonyl (C=O) groups is 1. The average molecular weight is 479 g/mol. The number of nitrogens with zero attached hydrogens (tertiary/aromatic N) is 2. The molecule has 3 aromatic carbocycles. The Bertz CT molecular complexity index is 1290. The molecule has 0 aliphatic heterocycles. The van der Waals surface area contributed by atoms with Gasteiger partial charge in [0.2, 0.25) is 5.75 Å². The molecular formula is C26H26N2O5S. The van der Waals surface area contributed by atoms with Gasteiger partial charge in [-0.15, -0.1) is 0 Å². The van der Waals surface area contributed by atoms with Crippen LogP contribution in [0.3, 0.4) is 0 Å². The van der Waals surface area contributed by atoms with Crippen LogP contribution in [0.1, 0.15) is 21.5 Å². The Balaban J connectivity index is 1.85. The van der Waals surface area contributed by atoms with Gasteiger partial charge in [0, 0.05) is 5.56 Å². The third-order valence-electron chi connectivity index (χ3n) is 5.48. The third-order valence-corrected chi connectivity index (χ3v) is 6.70. The minimum Gasteiger partial charge on any atom is -0.494 e. The van der Waals surface area contributed by atoms with Crippen LogP contribution >= 0.6 is 11.3 Å². The Labute approximate surface area is 202 Å². The van der Waals surface area contributed by atoms with Crippen LogP contribution in [-0.4, -0.2) is 39.3 Å². The first kappa shape index (κ1) is 23.4. The zero-order chi connectivity index (χ0) is 24.2. The van der Waals surface area contributed by atoms with Gasteiger partial charge in [0.1, 0.15) is 11.3 Å². The lowest BCUT2D eigenvalue weighted by Gasteiger charge is -2.21. The molecule has 4 rings (SSSR count). The summed E-state index contributed by atoms with van der Waals surface area (Å²) in [5.74, 6) is 1.68. The van der Waals surface area contributed by atoms with Crippen molar-refractivity contribution in [3.05, 3.63) is 71.3 Å². The molecular weight excluding hydrogens is 452 g/mol. The van der Waals surface area contributed by atoms with Gasteiger partial charge in [0.15, 0.2) is 16.6 Å². The summed E-state index contributed by atoms with van der Waals surface area (Å²) in [6, 6.07) is 17.0. The van der Waals surface area contributed by atoms with E-state index in [4.69, 9.17) is 23.9 Å². The summed E-state index contributed by atoms with van der Waals surface area (Å²) in [5, 5.41) is 0.574. The average Bonchev–Trinajstić information content (AvgIpc) is 3.33. The Morgan fingerprint density at radius 2 is 1.53 bits per heavy atom. The highest BCUT2D eigenvalue weighted by Crippen LogP contribution is 2.40. The molecule has 34 heavy (non-hydrogen) atoms. The standard InChI is InChI=1S/C26H26N2O5S/c1-16-11-12-19(30-2)22-24(16)34-26(27-22)28(15-17-9-7-6-8-10-17)25(29)18-13-20(31-3)23(33-5)21(14-18)32-4/h6-14H,15H2,1-5H3. The summed E-state index contributed by atoms with van der Waals surface area (Å²) < 4.78 is 22.8. The first-order valence-electron chi connectivity index (χ1n) is 10.6. The SMILES string of the molecule is COc1cc(C(=O)N(Cc2ccccc2)c2nc3c(OC)ccc(C)c3s2)cc(OC)c1OC. The Kier molecular flexibility index (Phi) is 6.88. The molecule has 0 N–H and O–H groups in total. The van der Waals surface area contributed by atoms with Crippen molar-refractivity contribution in [2.45, 2.75) is 13.5 Å². The van der Waals surface area contributed by atoms with Gasteiger partial charge in [0.05, 0.1) is 39.7 Å². The van der Waals surface area contributed by atoms with Gasteiger partial charge in [-0.05, 0) is 36.2 Å². The van der Waals surface area contributed by atoms with Gasteiger partial charge in [-0.1, -0.05) is 47.7 Å². The van der Waals surface area contributed by atoms with Crippen LogP contribution in [0, 0.1) is 6.92 Å². The predicted octanol–water partition coefficient (Wildman–Crippen LogP) is 5.49. The highest BCUT2D eigenvalue weighted by atomic mass is 32.1. The van der Waals surface area contributed by atoms with Crippen LogP contribution in [-0.2, 0) is 6.54 Å². The van der Waals surface area contributed by atoms with Gasteiger partial charge in [0.25, 0.3) is 5.91 Å². The van der Waals surface area contributed by atoms with Crippen molar-refractivity contribution < 1.29 is 23.7 Å². The van der Waals surface area contributed by atoms with Crippen molar-refractivity contribution in [3.63, 3.8) is 0 Å². The second-order valence-electron chi connectivity index (χ2n) is 7.55. The van der Waals surface area contributed by atoms with Crippen molar-refractivity contribution >= 4 is 32.6 Å². The number of ether oxygens (including phenoxy) is 4. The molecule has 0 aliphatic carbocycles. The van der Waals surface area contributed by atoms with Gasteiger partial charge in [-0.3, -0.25) is 9.69 Å². The maximum atomic E-state index is 13.9. The molecule has 0 spiro atoms. The molecule has 176 valence electrons. The van der Waals surface area contributed by atoms with Crippen molar-refractivity contribution in [3.8, 4) is 23.0 Å². The molecule has 0 radical (unpaired) electrons. The first-order chi connectivity index (χ1) is 16.5. The Morgan fingerprint density at radius 1 is 0.882 bits per heavy atom. The normalized spacial score (nSPS) is 10.7. The number of hydrogen-bond donors (Lipinski definition) is 0. The van der Waals surface area contributed by atoms with E-state index in [1.165, 1.54) is 32.7 Å². The van der Waals surface area contributed by atoms with E-state index in [0.717, 1.165) is 21.3 Å². The van der Waals surface area contributed by atoms with Gasteiger partial charge < -0.3 is 18.9 Å². The summed E-state index contributed by atoms with van der Waals surface area (Å²) in [6.07, 6.45) is 0. The molecule has 1 aromatic heterocycles. The molecule has 0 unspecified atom stereocenters. The summed E-state index contributed by atoms with van der Waals surface area (Å²) in [6.45, 7) is 2.36. The van der Waals surface area contributed by atoms with Crippen LogP contribution < -0.4 is 23.8 Å². The van der Waals surface area contributed by atoms with E-state index in [1.54, 1.807) is 24.1 Å². The second-order valence-corrected chi connectivity index (χ2v) is 8.53. The molecule has 4 aromatic rings. The van der Waals surface area contributed by atoms with E-state index < -0.39 is 0 Å². The number of carbonyl (C=O) groups excluding carboxylic acids is 1. The quantitative estimate of drug-likeness (QED) is 0.334. The van der Waals surface area contributed by atoms with E-state index >= 15 is 0 Å². The maximum Gasteiger partial charge on any atom is 0.260 e. The molecule has 0 fully saturated rings. The predicted molar refractivity (Wildman–Crippen MR) is 134 cm³/mol. The molecule has 1 amide bonds. The number of anilines is 1. The molecule has 8 heteroatoms. The highest BCUT2D eigenvalue weighted by Gasteiger charge is 2.26. The van der Waals surface area contributed by atoms with Crippen LogP contribution in [0.25, 0.3) is 10.2 Å². The molecule has 0 aliphatic rings. The molecule has 0 saturated heterocycles. The fourth-order valence-corrected chi connectivity index (χ4v) is 4.78. The Morgan fingerprint density at radius 3 is 2.12 bits per heavy atom. The monoisotopic (exact) mass is 478 g/mol. The summed E-state index contributed by atoms with van der Waals surface area (Å²) in [4.78, 5) is 20.4. The number of aromatic nitrogens is 1. The van der Waals surface area contributed by atoms with E-state index in [9.17, 15) is 4.79 Å². The van der Waals surface area contributed by atoms with Crippen LogP contribution in [0.15, 0.2) is 54.6 Å². The lowest BCUT2D eigenvalue weighted by Crippen LogP contribution is -2.30. The number of benzene rings is 3. The topological polar surface area (TPSA) is 70.1 Å². The number of fused-ring (bicyclic) bond motifs is 1. The lowest BCUT2D eigenvalue weighted by molar-refractivity contribution is 0.0984. The van der Waals surface area contributed by atoms with Gasteiger partial charge in [-0.25, -0.2) is 4.98 Å². The molecule has 0 bridgehead atoms. The molecule has 0 saturated carbocycles. The molecule has 1 heterocycles. The minimum atomic E-state index is -0.237. The fourth-order valence-electron chi connectivity index (χ4n) is 3.73. The van der Waals surface area contributed by atoms with E-state index in [1.807, 2.05) is 49.4 Å². The maximum absolute atomic E-state index is 13.9. The van der Waals surface area contributed by atoms with Crippen LogP contribution in [0.2, 0.25) is 0 Å². The summed E-state index contributed by atoms with van der Waals surface area (Å²) in [5.41, 5.74) is 3.18. The number of thiazole rings is 1. The third kappa shape index (κ3) is 4.36. The second kappa shape index (κ2) is 10.0. The first-order valence-corrected chi connectivity index (χ1v) is 11.4. The van der Waals surface area contributed by atoms with E-state index in [2.05, 4.69) is 0 Å². The number of aryl methyl sites for hydroxylation is 1. The smallest absolute Gasteiger partial charge is 0.260 e. The van der Waals surface area contributed by atoms with Crippen molar-refractivity contribution in [1.82, 2.24) is 4.98 Å². The Hall–Kier alpha value is -3.78. The highest BCUT2D eigenvalue weighted by molar-refractivity contribution is 7.22. The van der Waals surface area contributed by atoms with Crippen LogP contribution in [0.5, 0.6) is 23.0 Å². The summed E-state index contributed by atoms with van der Waals surface area (Å²) >= 11 is 1.46. The minimum absolute atomic E-state index is 0.237. The zero-order valence-corrected chi connectivity index (χ0v) is 20.6. The molecule has 7 nitrogen and oxygen atoms in total. The zero-order valence-electron chi connectivity index (χ0n) is 19.7. The van der Waals surface area contributed by atoms with Crippen molar-refractivity contribution in [1.29, 1.82) is 0 Å². The van der Waals surface area contributed by atoms with Crippen molar-refractivity contribution in [2.75, 3.05) is 33.3 Å². The van der Waals surface area contributed by atoms with E-state index in [0.29, 0.717) is 40.2 Å².